The summed E-state index contributed by atoms with van der Waals surface area (Å²) < 4.78 is 20.9. The normalized spacial score (nSPS) is 22.9. The van der Waals surface area contributed by atoms with Crippen LogP contribution in [0.25, 0.3) is 0 Å². The molecule has 1 aromatic heterocycles. The van der Waals surface area contributed by atoms with Gasteiger partial charge < -0.3 is 19.7 Å². The van der Waals surface area contributed by atoms with Crippen molar-refractivity contribution in [2.75, 3.05) is 13.7 Å². The zero-order valence-electron chi connectivity index (χ0n) is 17.7. The van der Waals surface area contributed by atoms with Gasteiger partial charge >= 0.3 is 0 Å². The number of nitrogens with zero attached hydrogens (tertiary/aromatic N) is 3. The van der Waals surface area contributed by atoms with Crippen molar-refractivity contribution in [3.63, 3.8) is 0 Å². The van der Waals surface area contributed by atoms with Gasteiger partial charge in [0.15, 0.2) is 0 Å². The van der Waals surface area contributed by atoms with E-state index in [2.05, 4.69) is 10.3 Å². The van der Waals surface area contributed by atoms with Gasteiger partial charge in [-0.3, -0.25) is 15.1 Å². The fourth-order valence-electron chi connectivity index (χ4n) is 3.89. The Hall–Kier alpha value is -3.56. The smallest absolute Gasteiger partial charge is 0.277 e. The van der Waals surface area contributed by atoms with Gasteiger partial charge in [-0.15, -0.1) is 0 Å². The third-order valence-corrected chi connectivity index (χ3v) is 5.52. The Labute approximate surface area is 184 Å². The molecule has 9 heteroatoms. The lowest BCUT2D eigenvalue weighted by molar-refractivity contribution is -0.124. The van der Waals surface area contributed by atoms with Crippen molar-refractivity contribution in [3.05, 3.63) is 89.4 Å². The van der Waals surface area contributed by atoms with Gasteiger partial charge in [0, 0.05) is 13.3 Å². The topological polar surface area (TPSA) is 103 Å². The highest BCUT2D eigenvalue weighted by atomic mass is 19.1. The summed E-state index contributed by atoms with van der Waals surface area (Å²) in [6.07, 6.45) is 10.8. The molecule has 1 saturated heterocycles. The lowest BCUT2D eigenvalue weighted by Gasteiger charge is -2.25. The number of hydrogen-bond acceptors (Lipinski definition) is 5. The summed E-state index contributed by atoms with van der Waals surface area (Å²) in [5.41, 5.74) is 2.39. The molecule has 2 unspecified atom stereocenters. The first kappa shape index (κ1) is 21.7. The number of aliphatic hydroxyl groups excluding tert-OH is 1. The fraction of sp³-hybridized carbons (Fsp3) is 0.261. The van der Waals surface area contributed by atoms with E-state index in [4.69, 9.17) is 10.1 Å². The molecule has 8 nitrogen and oxygen atoms in total. The number of carbonyl (C=O) groups excluding carboxylic acids is 1. The van der Waals surface area contributed by atoms with E-state index in [-0.39, 0.29) is 23.8 Å². The van der Waals surface area contributed by atoms with Gasteiger partial charge in [0.05, 0.1) is 30.7 Å². The first-order chi connectivity index (χ1) is 15.4. The van der Waals surface area contributed by atoms with Gasteiger partial charge in [0.25, 0.3) is 5.91 Å². The van der Waals surface area contributed by atoms with Crippen LogP contribution in [0.5, 0.6) is 0 Å². The Morgan fingerprint density at radius 2 is 2.12 bits per heavy atom. The highest BCUT2D eigenvalue weighted by Gasteiger charge is 2.37. The lowest BCUT2D eigenvalue weighted by atomic mass is 9.99. The van der Waals surface area contributed by atoms with Crippen molar-refractivity contribution in [1.82, 2.24) is 19.8 Å². The quantitative estimate of drug-likeness (QED) is 0.602. The summed E-state index contributed by atoms with van der Waals surface area (Å²) >= 11 is 0. The molecule has 1 aromatic carbocycles. The van der Waals surface area contributed by atoms with Crippen molar-refractivity contribution in [3.8, 4) is 0 Å². The van der Waals surface area contributed by atoms with Crippen molar-refractivity contribution in [2.45, 2.75) is 25.1 Å². The molecule has 0 radical (unpaired) electrons. The van der Waals surface area contributed by atoms with Crippen LogP contribution >= 0.6 is 0 Å². The fourth-order valence-corrected chi connectivity index (χ4v) is 3.89. The van der Waals surface area contributed by atoms with Crippen LogP contribution < -0.4 is 5.32 Å². The average molecular weight is 437 g/mol. The number of aromatic nitrogens is 2. The first-order valence-corrected chi connectivity index (χ1v) is 10.1. The molecular formula is C23H24FN5O3. The molecule has 4 rings (SSSR count). The van der Waals surface area contributed by atoms with Crippen LogP contribution in [0.2, 0.25) is 0 Å². The van der Waals surface area contributed by atoms with Gasteiger partial charge in [0.2, 0.25) is 5.96 Å². The van der Waals surface area contributed by atoms with Crippen LogP contribution in [-0.2, 0) is 9.53 Å². The molecule has 0 saturated carbocycles. The number of allylic oxidation sites excluding steroid dienone is 3. The molecule has 0 bridgehead atoms. The maximum atomic E-state index is 13.3. The molecule has 3 N–H and O–H groups in total. The van der Waals surface area contributed by atoms with Crippen molar-refractivity contribution < 1.29 is 19.0 Å². The number of halogens is 1. The Morgan fingerprint density at radius 1 is 1.38 bits per heavy atom. The molecule has 3 atom stereocenters. The van der Waals surface area contributed by atoms with E-state index in [1.54, 1.807) is 19.5 Å². The number of aryl methyl sites for hydroxylation is 1. The zero-order valence-corrected chi connectivity index (χ0v) is 17.7. The van der Waals surface area contributed by atoms with Crippen molar-refractivity contribution in [2.24, 2.45) is 0 Å². The Bertz CT molecular complexity index is 1120. The van der Waals surface area contributed by atoms with Crippen molar-refractivity contribution >= 4 is 11.9 Å². The number of methoxy groups -OCH3 is 1. The Kier molecular flexibility index (Phi) is 6.02. The van der Waals surface area contributed by atoms with E-state index in [1.165, 1.54) is 24.3 Å². The largest absolute Gasteiger partial charge is 0.394 e. The van der Waals surface area contributed by atoms with Gasteiger partial charge in [0.1, 0.15) is 17.6 Å². The molecular weight excluding hydrogens is 413 g/mol. The van der Waals surface area contributed by atoms with Crippen molar-refractivity contribution in [1.29, 1.82) is 5.41 Å². The van der Waals surface area contributed by atoms with Crippen LogP contribution in [0.15, 0.2) is 72.4 Å². The van der Waals surface area contributed by atoms with E-state index < -0.39 is 24.4 Å². The lowest BCUT2D eigenvalue weighted by Crippen LogP contribution is -2.37. The molecule has 2 heterocycles. The maximum Gasteiger partial charge on any atom is 0.277 e. The molecule has 32 heavy (non-hydrogen) atoms. The number of carbonyl (C=O) groups is 1. The van der Waals surface area contributed by atoms with Gasteiger partial charge in [-0.05, 0) is 42.3 Å². The van der Waals surface area contributed by atoms with Crippen LogP contribution in [0.4, 0.5) is 4.39 Å². The molecule has 1 aliphatic carbocycles. The van der Waals surface area contributed by atoms with E-state index in [0.717, 1.165) is 16.2 Å². The highest BCUT2D eigenvalue weighted by Crippen LogP contribution is 2.28. The monoisotopic (exact) mass is 437 g/mol. The number of amides is 1. The van der Waals surface area contributed by atoms with Gasteiger partial charge in [-0.1, -0.05) is 24.3 Å². The molecule has 1 amide bonds. The molecule has 2 aromatic rings. The second-order valence-corrected chi connectivity index (χ2v) is 7.64. The standard InChI is InChI=1S/C23H24FN5O3/c1-14-11-28(13-26-14)19-8-3-15(10-21(19)32-2)9-18-22(31)29(23(25)27-18)20(12-30)16-4-6-17(24)7-5-16/h3-11,13,19-21,30H,12H2,1-2H3,(H2,25,27)/b18-9-/t19?,20-,21?/m1/s1. The highest BCUT2D eigenvalue weighted by molar-refractivity contribution is 6.13. The molecule has 2 aliphatic rings. The third kappa shape index (κ3) is 4.12. The SMILES string of the molecule is COC1C=C(/C=C2\NC(=N)N([C@H](CO)c3ccc(F)cc3)C2=O)C=CC1n1cnc(C)c1. The van der Waals surface area contributed by atoms with E-state index in [0.29, 0.717) is 5.56 Å². The number of imidazole rings is 1. The maximum absolute atomic E-state index is 13.3. The minimum atomic E-state index is -0.800. The second kappa shape index (κ2) is 8.89. The number of benzene rings is 1. The van der Waals surface area contributed by atoms with E-state index >= 15 is 0 Å². The third-order valence-electron chi connectivity index (χ3n) is 5.52. The summed E-state index contributed by atoms with van der Waals surface area (Å²) in [6, 6.07) is 4.63. The number of ether oxygens (including phenoxy) is 1. The number of rotatable bonds is 6. The summed E-state index contributed by atoms with van der Waals surface area (Å²) in [5, 5.41) is 20.9. The molecule has 1 aliphatic heterocycles. The summed E-state index contributed by atoms with van der Waals surface area (Å²) in [5.74, 6) is -1.02. The van der Waals surface area contributed by atoms with Crippen LogP contribution in [0.1, 0.15) is 23.3 Å². The number of guanidine groups is 1. The Morgan fingerprint density at radius 3 is 2.75 bits per heavy atom. The molecule has 0 spiro atoms. The number of hydrogen-bond donors (Lipinski definition) is 3. The first-order valence-electron chi connectivity index (χ1n) is 10.1. The molecule has 166 valence electrons. The predicted molar refractivity (Wildman–Crippen MR) is 116 cm³/mol. The predicted octanol–water partition coefficient (Wildman–Crippen LogP) is 2.37. The number of nitrogens with one attached hydrogen (secondary N) is 2. The van der Waals surface area contributed by atoms with Crippen LogP contribution in [0, 0.1) is 18.2 Å². The summed E-state index contributed by atoms with van der Waals surface area (Å²) in [4.78, 5) is 18.5. The molecule has 1 fully saturated rings. The van der Waals surface area contributed by atoms with E-state index in [9.17, 15) is 14.3 Å². The average Bonchev–Trinajstić information content (AvgIpc) is 3.33. The van der Waals surface area contributed by atoms with Crippen LogP contribution in [-0.4, -0.2) is 51.2 Å². The zero-order chi connectivity index (χ0) is 22.8. The van der Waals surface area contributed by atoms with Gasteiger partial charge in [-0.2, -0.15) is 0 Å². The van der Waals surface area contributed by atoms with Crippen LogP contribution in [0.3, 0.4) is 0 Å². The minimum absolute atomic E-state index is 0.0670. The number of aliphatic hydroxyl groups is 1. The second-order valence-electron chi connectivity index (χ2n) is 7.64. The summed E-state index contributed by atoms with van der Waals surface area (Å²) in [6.45, 7) is 1.51. The minimum Gasteiger partial charge on any atom is -0.394 e. The van der Waals surface area contributed by atoms with Gasteiger partial charge in [-0.25, -0.2) is 9.37 Å². The Balaban J connectivity index is 1.56. The van der Waals surface area contributed by atoms with E-state index in [1.807, 2.05) is 35.9 Å². The summed E-state index contributed by atoms with van der Waals surface area (Å²) in [7, 11) is 1.62.